The van der Waals surface area contributed by atoms with Gasteiger partial charge in [0, 0.05) is 16.8 Å². The lowest BCUT2D eigenvalue weighted by atomic mass is 9.94. The van der Waals surface area contributed by atoms with E-state index in [-0.39, 0.29) is 5.56 Å². The van der Waals surface area contributed by atoms with Gasteiger partial charge in [0.1, 0.15) is 17.4 Å². The maximum atomic E-state index is 12.7. The number of pyridine rings is 1. The first-order chi connectivity index (χ1) is 14.6. The molecule has 0 amide bonds. The minimum Gasteiger partial charge on any atom is -0.482 e. The number of nitriles is 1. The molecule has 4 rings (SSSR count). The van der Waals surface area contributed by atoms with Gasteiger partial charge in [0.05, 0.1) is 0 Å². The summed E-state index contributed by atoms with van der Waals surface area (Å²) < 4.78 is 5.23. The lowest BCUT2D eigenvalue weighted by Crippen LogP contribution is -2.13. The van der Waals surface area contributed by atoms with E-state index in [1.54, 1.807) is 30.3 Å². The van der Waals surface area contributed by atoms with E-state index in [1.165, 1.54) is 0 Å². The molecule has 2 N–H and O–H groups in total. The topological polar surface area (TPSA) is 103 Å². The minimum absolute atomic E-state index is 0.0355. The molecular weight excluding hydrogens is 380 g/mol. The predicted molar refractivity (Wildman–Crippen MR) is 113 cm³/mol. The Hall–Kier alpha value is -4.37. The molecule has 0 aliphatic carbocycles. The SMILES string of the molecule is N#Cc1c(-c2cccc3ccccc23)cc(-c2cccc(OCC(=O)O)c2)[nH]c1=O. The van der Waals surface area contributed by atoms with Gasteiger partial charge in [0.15, 0.2) is 6.61 Å². The molecule has 0 aliphatic heterocycles. The summed E-state index contributed by atoms with van der Waals surface area (Å²) in [6, 6.07) is 24.1. The van der Waals surface area contributed by atoms with E-state index >= 15 is 0 Å². The summed E-state index contributed by atoms with van der Waals surface area (Å²) in [6.07, 6.45) is 0. The summed E-state index contributed by atoms with van der Waals surface area (Å²) in [6.45, 7) is -0.464. The lowest BCUT2D eigenvalue weighted by Gasteiger charge is -2.11. The Morgan fingerprint density at radius 1 is 1.00 bits per heavy atom. The van der Waals surface area contributed by atoms with Crippen LogP contribution in [-0.4, -0.2) is 22.7 Å². The van der Waals surface area contributed by atoms with E-state index in [0.29, 0.717) is 22.6 Å². The number of rotatable bonds is 5. The van der Waals surface area contributed by atoms with Gasteiger partial charge in [-0.25, -0.2) is 4.79 Å². The summed E-state index contributed by atoms with van der Waals surface area (Å²) in [4.78, 5) is 26.2. The van der Waals surface area contributed by atoms with Gasteiger partial charge >= 0.3 is 5.97 Å². The van der Waals surface area contributed by atoms with Crippen LogP contribution in [0.25, 0.3) is 33.2 Å². The molecule has 1 heterocycles. The molecule has 4 aromatic rings. The number of benzene rings is 3. The van der Waals surface area contributed by atoms with Crippen LogP contribution in [0.15, 0.2) is 77.6 Å². The number of aliphatic carboxylic acids is 1. The zero-order valence-electron chi connectivity index (χ0n) is 15.8. The molecule has 3 aromatic carbocycles. The van der Waals surface area contributed by atoms with Gasteiger partial charge in [-0.3, -0.25) is 4.79 Å². The summed E-state index contributed by atoms with van der Waals surface area (Å²) in [5.74, 6) is -0.711. The fourth-order valence-electron chi connectivity index (χ4n) is 3.40. The Morgan fingerprint density at radius 3 is 2.57 bits per heavy atom. The number of carboxylic acids is 1. The fraction of sp³-hybridized carbons (Fsp3) is 0.0417. The average Bonchev–Trinajstić information content (AvgIpc) is 2.77. The van der Waals surface area contributed by atoms with E-state index in [4.69, 9.17) is 9.84 Å². The van der Waals surface area contributed by atoms with Crippen LogP contribution < -0.4 is 10.3 Å². The van der Waals surface area contributed by atoms with E-state index in [1.807, 2.05) is 48.5 Å². The lowest BCUT2D eigenvalue weighted by molar-refractivity contribution is -0.139. The molecule has 146 valence electrons. The molecule has 0 saturated carbocycles. The molecule has 0 atom stereocenters. The number of aromatic nitrogens is 1. The van der Waals surface area contributed by atoms with E-state index in [9.17, 15) is 14.9 Å². The normalized spacial score (nSPS) is 10.5. The second-order valence-electron chi connectivity index (χ2n) is 6.65. The summed E-state index contributed by atoms with van der Waals surface area (Å²) in [5, 5.41) is 20.4. The van der Waals surface area contributed by atoms with Crippen LogP contribution in [-0.2, 0) is 4.79 Å². The molecule has 0 radical (unpaired) electrons. The van der Waals surface area contributed by atoms with Crippen molar-refractivity contribution in [2.24, 2.45) is 0 Å². The van der Waals surface area contributed by atoms with Crippen molar-refractivity contribution in [2.75, 3.05) is 6.61 Å². The minimum atomic E-state index is -1.08. The van der Waals surface area contributed by atoms with Crippen molar-refractivity contribution in [1.82, 2.24) is 4.98 Å². The van der Waals surface area contributed by atoms with Crippen molar-refractivity contribution in [3.8, 4) is 34.2 Å². The van der Waals surface area contributed by atoms with Crippen molar-refractivity contribution >= 4 is 16.7 Å². The molecule has 1 aromatic heterocycles. The van der Waals surface area contributed by atoms with Gasteiger partial charge < -0.3 is 14.8 Å². The number of carboxylic acid groups (broad SMARTS) is 1. The molecule has 0 aliphatic rings. The first kappa shape index (κ1) is 19.0. The van der Waals surface area contributed by atoms with Gasteiger partial charge in [0.2, 0.25) is 0 Å². The smallest absolute Gasteiger partial charge is 0.341 e. The number of fused-ring (bicyclic) bond motifs is 1. The number of H-pyrrole nitrogens is 1. The van der Waals surface area contributed by atoms with Crippen molar-refractivity contribution in [1.29, 1.82) is 5.26 Å². The highest BCUT2D eigenvalue weighted by molar-refractivity contribution is 5.98. The summed E-state index contributed by atoms with van der Waals surface area (Å²) in [7, 11) is 0. The third-order valence-corrected chi connectivity index (χ3v) is 4.73. The van der Waals surface area contributed by atoms with Gasteiger partial charge in [-0.15, -0.1) is 0 Å². The highest BCUT2D eigenvalue weighted by Gasteiger charge is 2.15. The Morgan fingerprint density at radius 2 is 1.77 bits per heavy atom. The first-order valence-corrected chi connectivity index (χ1v) is 9.17. The van der Waals surface area contributed by atoms with Gasteiger partial charge in [-0.2, -0.15) is 5.26 Å². The maximum Gasteiger partial charge on any atom is 0.341 e. The number of aromatic amines is 1. The molecule has 30 heavy (non-hydrogen) atoms. The van der Waals surface area contributed by atoms with Gasteiger partial charge in [-0.1, -0.05) is 54.6 Å². The van der Waals surface area contributed by atoms with Crippen molar-refractivity contribution in [2.45, 2.75) is 0 Å². The average molecular weight is 396 g/mol. The zero-order chi connectivity index (χ0) is 21.1. The number of hydrogen-bond acceptors (Lipinski definition) is 4. The quantitative estimate of drug-likeness (QED) is 0.526. The first-order valence-electron chi connectivity index (χ1n) is 9.17. The van der Waals surface area contributed by atoms with Gasteiger partial charge in [-0.05, 0) is 34.5 Å². The molecule has 0 spiro atoms. The molecule has 0 bridgehead atoms. The van der Waals surface area contributed by atoms with Crippen LogP contribution in [0.2, 0.25) is 0 Å². The van der Waals surface area contributed by atoms with Crippen molar-refractivity contribution in [3.63, 3.8) is 0 Å². The van der Waals surface area contributed by atoms with E-state index in [2.05, 4.69) is 4.98 Å². The highest BCUT2D eigenvalue weighted by Crippen LogP contribution is 2.32. The third-order valence-electron chi connectivity index (χ3n) is 4.73. The Balaban J connectivity index is 1.88. The molecule has 0 fully saturated rings. The van der Waals surface area contributed by atoms with Crippen molar-refractivity contribution < 1.29 is 14.6 Å². The summed E-state index contributed by atoms with van der Waals surface area (Å²) in [5.41, 5.74) is 2.01. The standard InChI is InChI=1S/C24H16N2O4/c25-13-21-20(19-10-4-6-15-5-1-2-9-18(15)19)12-22(26-24(21)29)16-7-3-8-17(11-16)30-14-23(27)28/h1-12H,14H2,(H,26,29)(H,27,28). The summed E-state index contributed by atoms with van der Waals surface area (Å²) >= 11 is 0. The largest absolute Gasteiger partial charge is 0.482 e. The molecule has 6 heteroatoms. The van der Waals surface area contributed by atoms with Crippen LogP contribution >= 0.6 is 0 Å². The molecular formula is C24H16N2O4. The van der Waals surface area contributed by atoms with Crippen LogP contribution in [0, 0.1) is 11.3 Å². The van der Waals surface area contributed by atoms with Crippen LogP contribution in [0.1, 0.15) is 5.56 Å². The van der Waals surface area contributed by atoms with Crippen molar-refractivity contribution in [3.05, 3.63) is 88.7 Å². The van der Waals surface area contributed by atoms with Gasteiger partial charge in [0.25, 0.3) is 5.56 Å². The maximum absolute atomic E-state index is 12.7. The number of hydrogen-bond donors (Lipinski definition) is 2. The number of nitrogens with zero attached hydrogens (tertiary/aromatic N) is 1. The monoisotopic (exact) mass is 396 g/mol. The van der Waals surface area contributed by atoms with E-state index < -0.39 is 18.1 Å². The predicted octanol–water partition coefficient (Wildman–Crippen LogP) is 4.20. The molecule has 0 saturated heterocycles. The number of ether oxygens (including phenoxy) is 1. The van der Waals surface area contributed by atoms with Crippen LogP contribution in [0.5, 0.6) is 5.75 Å². The molecule has 0 unspecified atom stereocenters. The number of carbonyl (C=O) groups is 1. The third kappa shape index (κ3) is 3.64. The van der Waals surface area contributed by atoms with Crippen LogP contribution in [0.4, 0.5) is 0 Å². The Labute approximate surface area is 171 Å². The highest BCUT2D eigenvalue weighted by atomic mass is 16.5. The van der Waals surface area contributed by atoms with Crippen LogP contribution in [0.3, 0.4) is 0 Å². The Kier molecular flexibility index (Phi) is 5.02. The second kappa shape index (κ2) is 7.94. The van der Waals surface area contributed by atoms with E-state index in [0.717, 1.165) is 16.3 Å². The second-order valence-corrected chi connectivity index (χ2v) is 6.65. The molecule has 6 nitrogen and oxygen atoms in total. The zero-order valence-corrected chi connectivity index (χ0v) is 15.8. The Bertz CT molecular complexity index is 1360. The number of nitrogens with one attached hydrogen (secondary N) is 1. The fourth-order valence-corrected chi connectivity index (χ4v) is 3.40.